The van der Waals surface area contributed by atoms with Crippen LogP contribution in [-0.2, 0) is 0 Å². The van der Waals surface area contributed by atoms with Gasteiger partial charge in [-0.25, -0.2) is 8.78 Å². The number of nitrogens with one attached hydrogen (secondary N) is 2. The smallest absolute Gasteiger partial charge is 0.293 e. The number of hydrogen-bond acceptors (Lipinski definition) is 4. The lowest BCUT2D eigenvalue weighted by Crippen LogP contribution is -2.30. The van der Waals surface area contributed by atoms with Crippen LogP contribution >= 0.6 is 11.6 Å². The zero-order valence-electron chi connectivity index (χ0n) is 12.2. The first-order valence-corrected chi connectivity index (χ1v) is 7.18. The van der Waals surface area contributed by atoms with Crippen molar-refractivity contribution < 1.29 is 18.5 Å². The zero-order valence-corrected chi connectivity index (χ0v) is 12.9. The van der Waals surface area contributed by atoms with Gasteiger partial charge in [-0.1, -0.05) is 17.7 Å². The van der Waals surface area contributed by atoms with E-state index in [1.165, 1.54) is 18.2 Å². The Morgan fingerprint density at radius 1 is 1.17 bits per heavy atom. The van der Waals surface area contributed by atoms with Gasteiger partial charge in [0.1, 0.15) is 22.9 Å². The van der Waals surface area contributed by atoms with Crippen molar-refractivity contribution in [2.24, 2.45) is 0 Å². The molecule has 0 heterocycles. The normalized spacial score (nSPS) is 10.3. The number of carbonyl (C=O) groups is 1. The molecule has 2 aromatic carbocycles. The Morgan fingerprint density at radius 3 is 2.46 bits per heavy atom. The number of halogens is 3. The highest BCUT2D eigenvalue weighted by Crippen LogP contribution is 2.27. The number of nitrogens with zero attached hydrogens (tertiary/aromatic N) is 1. The van der Waals surface area contributed by atoms with Crippen molar-refractivity contribution in [2.45, 2.75) is 0 Å². The van der Waals surface area contributed by atoms with Crippen LogP contribution in [-0.4, -0.2) is 23.9 Å². The van der Waals surface area contributed by atoms with Crippen LogP contribution in [0.3, 0.4) is 0 Å². The predicted molar refractivity (Wildman–Crippen MR) is 85.3 cm³/mol. The second-order valence-electron chi connectivity index (χ2n) is 4.70. The molecule has 9 heteroatoms. The van der Waals surface area contributed by atoms with Gasteiger partial charge in [0, 0.05) is 24.2 Å². The van der Waals surface area contributed by atoms with Gasteiger partial charge in [0.05, 0.1) is 4.92 Å². The van der Waals surface area contributed by atoms with Crippen molar-refractivity contribution in [3.63, 3.8) is 0 Å². The lowest BCUT2D eigenvalue weighted by molar-refractivity contribution is -0.383. The topological polar surface area (TPSA) is 84.3 Å². The highest BCUT2D eigenvalue weighted by Gasteiger charge is 2.17. The number of carbonyl (C=O) groups excluding carboxylic acids is 1. The maximum absolute atomic E-state index is 13.5. The molecular weight excluding hydrogens is 344 g/mol. The third-order valence-electron chi connectivity index (χ3n) is 3.07. The third-order valence-corrected chi connectivity index (χ3v) is 3.31. The van der Waals surface area contributed by atoms with Crippen LogP contribution < -0.4 is 10.6 Å². The molecule has 0 aliphatic rings. The SMILES string of the molecule is O=C(NCCNc1ccc(Cl)cc1[N+](=O)[O-])c1c(F)cccc1F. The fraction of sp³-hybridized carbons (Fsp3) is 0.133. The molecule has 0 saturated heterocycles. The first-order chi connectivity index (χ1) is 11.4. The van der Waals surface area contributed by atoms with Crippen molar-refractivity contribution in [1.29, 1.82) is 0 Å². The number of benzene rings is 2. The largest absolute Gasteiger partial charge is 0.378 e. The minimum atomic E-state index is -0.964. The minimum Gasteiger partial charge on any atom is -0.378 e. The quantitative estimate of drug-likeness (QED) is 0.472. The lowest BCUT2D eigenvalue weighted by atomic mass is 10.2. The van der Waals surface area contributed by atoms with E-state index in [0.29, 0.717) is 0 Å². The molecule has 2 aromatic rings. The summed E-state index contributed by atoms with van der Waals surface area (Å²) in [6.45, 7) is 0.122. The molecule has 0 radical (unpaired) electrons. The van der Waals surface area contributed by atoms with E-state index < -0.39 is 28.0 Å². The van der Waals surface area contributed by atoms with Gasteiger partial charge >= 0.3 is 0 Å². The fourth-order valence-corrected chi connectivity index (χ4v) is 2.15. The molecule has 0 atom stereocenters. The summed E-state index contributed by atoms with van der Waals surface area (Å²) in [5.41, 5.74) is -0.667. The summed E-state index contributed by atoms with van der Waals surface area (Å²) in [6.07, 6.45) is 0. The zero-order chi connectivity index (χ0) is 17.7. The minimum absolute atomic E-state index is 0.00634. The molecule has 2 rings (SSSR count). The molecule has 0 aromatic heterocycles. The molecule has 0 fully saturated rings. The van der Waals surface area contributed by atoms with E-state index in [1.54, 1.807) is 0 Å². The van der Waals surface area contributed by atoms with Crippen molar-refractivity contribution >= 4 is 28.9 Å². The average molecular weight is 356 g/mol. The molecule has 0 aliphatic carbocycles. The van der Waals surface area contributed by atoms with Gasteiger partial charge in [-0.2, -0.15) is 0 Å². The maximum Gasteiger partial charge on any atom is 0.293 e. The number of rotatable bonds is 6. The molecule has 0 bridgehead atoms. The first-order valence-electron chi connectivity index (χ1n) is 6.80. The van der Waals surface area contributed by atoms with E-state index in [9.17, 15) is 23.7 Å². The summed E-state index contributed by atoms with van der Waals surface area (Å²) < 4.78 is 26.9. The number of nitro groups is 1. The van der Waals surface area contributed by atoms with E-state index in [0.717, 1.165) is 18.2 Å². The van der Waals surface area contributed by atoms with Gasteiger partial charge in [0.2, 0.25) is 0 Å². The van der Waals surface area contributed by atoms with Crippen molar-refractivity contribution in [3.8, 4) is 0 Å². The molecule has 0 saturated carbocycles. The fourth-order valence-electron chi connectivity index (χ4n) is 1.98. The van der Waals surface area contributed by atoms with Crippen molar-refractivity contribution in [2.75, 3.05) is 18.4 Å². The van der Waals surface area contributed by atoms with Crippen molar-refractivity contribution in [1.82, 2.24) is 5.32 Å². The second kappa shape index (κ2) is 7.69. The molecule has 2 N–H and O–H groups in total. The average Bonchev–Trinajstić information content (AvgIpc) is 2.52. The molecule has 0 aliphatic heterocycles. The van der Waals surface area contributed by atoms with E-state index in [-0.39, 0.29) is 29.5 Å². The van der Waals surface area contributed by atoms with Crippen LogP contribution in [0, 0.1) is 21.7 Å². The number of nitro benzene ring substituents is 1. The van der Waals surface area contributed by atoms with E-state index >= 15 is 0 Å². The molecule has 1 amide bonds. The van der Waals surface area contributed by atoms with Crippen LogP contribution in [0.2, 0.25) is 5.02 Å². The standard InChI is InChI=1S/C15H12ClF2N3O3/c16-9-4-5-12(13(8-9)21(23)24)19-6-7-20-15(22)14-10(17)2-1-3-11(14)18/h1-5,8,19H,6-7H2,(H,20,22). The summed E-state index contributed by atoms with van der Waals surface area (Å²) in [5, 5.41) is 16.2. The Balaban J connectivity index is 1.94. The summed E-state index contributed by atoms with van der Waals surface area (Å²) >= 11 is 5.70. The molecule has 0 spiro atoms. The third kappa shape index (κ3) is 4.17. The molecule has 0 unspecified atom stereocenters. The Hall–Kier alpha value is -2.74. The van der Waals surface area contributed by atoms with Crippen LogP contribution in [0.25, 0.3) is 0 Å². The van der Waals surface area contributed by atoms with Gasteiger partial charge in [-0.15, -0.1) is 0 Å². The molecule has 24 heavy (non-hydrogen) atoms. The Kier molecular flexibility index (Phi) is 5.64. The molecule has 6 nitrogen and oxygen atoms in total. The van der Waals surface area contributed by atoms with E-state index in [1.807, 2.05) is 0 Å². The van der Waals surface area contributed by atoms with Gasteiger partial charge < -0.3 is 10.6 Å². The number of hydrogen-bond donors (Lipinski definition) is 2. The summed E-state index contributed by atoms with van der Waals surface area (Å²) in [4.78, 5) is 22.1. The highest BCUT2D eigenvalue weighted by atomic mass is 35.5. The highest BCUT2D eigenvalue weighted by molar-refractivity contribution is 6.30. The van der Waals surface area contributed by atoms with Crippen LogP contribution in [0.15, 0.2) is 36.4 Å². The second-order valence-corrected chi connectivity index (χ2v) is 5.13. The van der Waals surface area contributed by atoms with Crippen LogP contribution in [0.1, 0.15) is 10.4 Å². The summed E-state index contributed by atoms with van der Waals surface area (Å²) in [7, 11) is 0. The first kappa shape index (κ1) is 17.6. The monoisotopic (exact) mass is 355 g/mol. The lowest BCUT2D eigenvalue weighted by Gasteiger charge is -2.09. The summed E-state index contributed by atoms with van der Waals surface area (Å²) in [5.74, 6) is -2.83. The van der Waals surface area contributed by atoms with Gasteiger partial charge in [0.15, 0.2) is 0 Å². The van der Waals surface area contributed by atoms with Gasteiger partial charge in [-0.3, -0.25) is 14.9 Å². The van der Waals surface area contributed by atoms with Crippen molar-refractivity contribution in [3.05, 3.63) is 68.7 Å². The predicted octanol–water partition coefficient (Wildman–Crippen LogP) is 3.37. The Bertz CT molecular complexity index is 766. The Morgan fingerprint density at radius 2 is 1.83 bits per heavy atom. The number of amides is 1. The van der Waals surface area contributed by atoms with Crippen LogP contribution in [0.5, 0.6) is 0 Å². The van der Waals surface area contributed by atoms with Gasteiger partial charge in [-0.05, 0) is 24.3 Å². The van der Waals surface area contributed by atoms with Gasteiger partial charge in [0.25, 0.3) is 11.6 Å². The van der Waals surface area contributed by atoms with Crippen LogP contribution in [0.4, 0.5) is 20.2 Å². The Labute approximate surface area is 140 Å². The van der Waals surface area contributed by atoms with E-state index in [2.05, 4.69) is 10.6 Å². The maximum atomic E-state index is 13.5. The summed E-state index contributed by atoms with van der Waals surface area (Å²) in [6, 6.07) is 7.21. The van der Waals surface area contributed by atoms with E-state index in [4.69, 9.17) is 11.6 Å². The molecule has 126 valence electrons. The molecular formula is C15H12ClF2N3O3. The number of anilines is 1.